The quantitative estimate of drug-likeness (QED) is 0.758. The normalized spacial score (nSPS) is 25.1. The molecule has 3 N–H and O–H groups in total. The molecule has 0 aromatic heterocycles. The van der Waals surface area contributed by atoms with Gasteiger partial charge in [0.1, 0.15) is 0 Å². The van der Waals surface area contributed by atoms with Crippen molar-refractivity contribution >= 4 is 23.1 Å². The van der Waals surface area contributed by atoms with E-state index in [1.54, 1.807) is 6.20 Å². The lowest BCUT2D eigenvalue weighted by Gasteiger charge is -2.28. The molecule has 2 amide bonds. The van der Waals surface area contributed by atoms with Gasteiger partial charge in [0.15, 0.2) is 0 Å². The number of nitrogens with zero attached hydrogens (tertiary/aromatic N) is 2. The highest BCUT2D eigenvalue weighted by Crippen LogP contribution is 2.35. The van der Waals surface area contributed by atoms with Crippen LogP contribution in [0.25, 0.3) is 5.57 Å². The number of benzene rings is 1. The molecule has 0 saturated carbocycles. The fourth-order valence-corrected chi connectivity index (χ4v) is 3.30. The molecule has 1 aromatic carbocycles. The second kappa shape index (κ2) is 4.92. The number of anilines is 1. The summed E-state index contributed by atoms with van der Waals surface area (Å²) in [4.78, 5) is 25.6. The van der Waals surface area contributed by atoms with Gasteiger partial charge >= 0.3 is 0 Å². The summed E-state index contributed by atoms with van der Waals surface area (Å²) in [5, 5.41) is 3.33. The van der Waals surface area contributed by atoms with Crippen molar-refractivity contribution in [3.05, 3.63) is 47.3 Å². The molecule has 7 heteroatoms. The average molecular weight is 314 g/mol. The topological polar surface area (TPSA) is 78.7 Å². The van der Waals surface area contributed by atoms with Crippen molar-refractivity contribution in [3.8, 4) is 0 Å². The molecule has 0 fully saturated rings. The Morgan fingerprint density at radius 3 is 2.91 bits per heavy atom. The number of nitrogens with one attached hydrogen (secondary N) is 1. The maximum atomic E-state index is 13.5. The largest absolute Gasteiger partial charge is 0.380 e. The summed E-state index contributed by atoms with van der Waals surface area (Å²) < 4.78 is 13.5. The Balaban J connectivity index is 1.75. The first-order chi connectivity index (χ1) is 11.1. The van der Waals surface area contributed by atoms with Gasteiger partial charge in [0.2, 0.25) is 5.91 Å². The van der Waals surface area contributed by atoms with Gasteiger partial charge in [-0.25, -0.2) is 0 Å². The molecule has 1 atom stereocenters. The maximum absolute atomic E-state index is 13.5. The molecule has 118 valence electrons. The summed E-state index contributed by atoms with van der Waals surface area (Å²) in [6, 6.07) is 7.07. The van der Waals surface area contributed by atoms with Gasteiger partial charge in [0.25, 0.3) is 5.91 Å². The smallest absolute Gasteiger partial charge is 0.279 e. The number of fused-ring (bicyclic) bond motifs is 1. The SMILES string of the molecule is NC1CN(F)C(=O)C2=C1N(C=C1CNc3ccccc31)C(=O)C2. The molecule has 0 spiro atoms. The van der Waals surface area contributed by atoms with E-state index in [2.05, 4.69) is 5.32 Å². The summed E-state index contributed by atoms with van der Waals surface area (Å²) in [6.07, 6.45) is 1.60. The number of hydrogen-bond donors (Lipinski definition) is 2. The number of amides is 2. The van der Waals surface area contributed by atoms with Crippen LogP contribution >= 0.6 is 0 Å². The Hall–Kier alpha value is -2.67. The Bertz CT molecular complexity index is 786. The minimum atomic E-state index is -0.763. The minimum Gasteiger partial charge on any atom is -0.380 e. The van der Waals surface area contributed by atoms with E-state index in [0.29, 0.717) is 12.2 Å². The number of carbonyl (C=O) groups is 2. The van der Waals surface area contributed by atoms with Crippen molar-refractivity contribution < 1.29 is 14.1 Å². The molecule has 1 unspecified atom stereocenters. The van der Waals surface area contributed by atoms with Crippen LogP contribution in [-0.4, -0.2) is 41.0 Å². The third-order valence-electron chi connectivity index (χ3n) is 4.38. The molecule has 0 saturated heterocycles. The van der Waals surface area contributed by atoms with Crippen LogP contribution < -0.4 is 11.1 Å². The zero-order chi connectivity index (χ0) is 16.1. The van der Waals surface area contributed by atoms with Crippen LogP contribution in [-0.2, 0) is 9.59 Å². The lowest BCUT2D eigenvalue weighted by molar-refractivity contribution is -0.143. The molecule has 0 radical (unpaired) electrons. The molecule has 23 heavy (non-hydrogen) atoms. The molecule has 0 bridgehead atoms. The zero-order valence-corrected chi connectivity index (χ0v) is 12.3. The highest BCUT2D eigenvalue weighted by atomic mass is 19.2. The van der Waals surface area contributed by atoms with Crippen LogP contribution in [0.2, 0.25) is 0 Å². The van der Waals surface area contributed by atoms with Crippen LogP contribution in [0.4, 0.5) is 10.2 Å². The fraction of sp³-hybridized carbons (Fsp3) is 0.250. The van der Waals surface area contributed by atoms with Crippen LogP contribution in [0, 0.1) is 0 Å². The zero-order valence-electron chi connectivity index (χ0n) is 12.3. The lowest BCUT2D eigenvalue weighted by Crippen LogP contribution is -2.45. The van der Waals surface area contributed by atoms with Crippen LogP contribution in [0.1, 0.15) is 12.0 Å². The average Bonchev–Trinajstić information content (AvgIpc) is 3.08. The predicted octanol–water partition coefficient (Wildman–Crippen LogP) is 0.993. The van der Waals surface area contributed by atoms with E-state index in [4.69, 9.17) is 5.73 Å². The second-order valence-corrected chi connectivity index (χ2v) is 5.81. The molecule has 3 aliphatic rings. The molecule has 1 aromatic rings. The van der Waals surface area contributed by atoms with Gasteiger partial charge in [-0.2, -0.15) is 5.12 Å². The Morgan fingerprint density at radius 1 is 1.30 bits per heavy atom. The number of hydrogen-bond acceptors (Lipinski definition) is 4. The molecular formula is C16H15FN4O2. The summed E-state index contributed by atoms with van der Waals surface area (Å²) in [6.45, 7) is 0.351. The van der Waals surface area contributed by atoms with Crippen molar-refractivity contribution in [2.24, 2.45) is 5.73 Å². The van der Waals surface area contributed by atoms with Gasteiger partial charge in [-0.1, -0.05) is 22.7 Å². The first-order valence-corrected chi connectivity index (χ1v) is 7.38. The van der Waals surface area contributed by atoms with Gasteiger partial charge in [-0.05, 0) is 11.6 Å². The van der Waals surface area contributed by atoms with Crippen molar-refractivity contribution in [2.75, 3.05) is 18.4 Å². The monoisotopic (exact) mass is 314 g/mol. The van der Waals surface area contributed by atoms with Crippen LogP contribution in [0.5, 0.6) is 0 Å². The van der Waals surface area contributed by atoms with E-state index in [0.717, 1.165) is 16.8 Å². The van der Waals surface area contributed by atoms with Gasteiger partial charge in [-0.3, -0.25) is 14.5 Å². The summed E-state index contributed by atoms with van der Waals surface area (Å²) in [7, 11) is 0. The van der Waals surface area contributed by atoms with Crippen molar-refractivity contribution in [1.29, 1.82) is 0 Å². The van der Waals surface area contributed by atoms with Crippen molar-refractivity contribution in [2.45, 2.75) is 12.5 Å². The predicted molar refractivity (Wildman–Crippen MR) is 82.2 cm³/mol. The molecular weight excluding hydrogens is 299 g/mol. The van der Waals surface area contributed by atoms with E-state index >= 15 is 0 Å². The first kappa shape index (κ1) is 14.0. The maximum Gasteiger partial charge on any atom is 0.279 e. The number of nitrogens with two attached hydrogens (primary N) is 1. The number of rotatable bonds is 1. The molecule has 3 heterocycles. The van der Waals surface area contributed by atoms with E-state index in [-0.39, 0.29) is 29.6 Å². The third kappa shape index (κ3) is 2.04. The Morgan fingerprint density at radius 2 is 2.09 bits per heavy atom. The Labute approximate surface area is 132 Å². The van der Waals surface area contributed by atoms with Gasteiger partial charge in [0.05, 0.1) is 30.3 Å². The number of halogens is 1. The van der Waals surface area contributed by atoms with Gasteiger partial charge in [0, 0.05) is 24.0 Å². The van der Waals surface area contributed by atoms with E-state index in [1.807, 2.05) is 24.3 Å². The van der Waals surface area contributed by atoms with E-state index in [1.165, 1.54) is 4.90 Å². The molecule has 0 aliphatic carbocycles. The highest BCUT2D eigenvalue weighted by molar-refractivity contribution is 6.04. The van der Waals surface area contributed by atoms with Crippen molar-refractivity contribution in [1.82, 2.24) is 10.0 Å². The fourth-order valence-electron chi connectivity index (χ4n) is 3.30. The van der Waals surface area contributed by atoms with Crippen molar-refractivity contribution in [3.63, 3.8) is 0 Å². The molecule has 3 aliphatic heterocycles. The molecule has 4 rings (SSSR count). The second-order valence-electron chi connectivity index (χ2n) is 5.81. The number of para-hydroxylation sites is 1. The standard InChI is InChI=1S/C16H15FN4O2/c17-21-8-12(18)15-11(16(21)23)5-14(22)20(15)7-9-6-19-13-4-2-1-3-10(9)13/h1-4,7,12,19H,5-6,8,18H2. The van der Waals surface area contributed by atoms with E-state index < -0.39 is 11.9 Å². The first-order valence-electron chi connectivity index (χ1n) is 7.38. The Kier molecular flexibility index (Phi) is 2.99. The van der Waals surface area contributed by atoms with Gasteiger partial charge < -0.3 is 11.1 Å². The highest BCUT2D eigenvalue weighted by Gasteiger charge is 2.42. The van der Waals surface area contributed by atoms with Crippen LogP contribution in [0.3, 0.4) is 0 Å². The summed E-state index contributed by atoms with van der Waals surface area (Å²) >= 11 is 0. The lowest BCUT2D eigenvalue weighted by atomic mass is 10.0. The third-order valence-corrected chi connectivity index (χ3v) is 4.38. The summed E-state index contributed by atoms with van der Waals surface area (Å²) in [5.41, 5.74) is 9.49. The van der Waals surface area contributed by atoms with E-state index in [9.17, 15) is 14.1 Å². The summed E-state index contributed by atoms with van der Waals surface area (Å²) in [5.74, 6) is -1.02. The van der Waals surface area contributed by atoms with Crippen LogP contribution in [0.15, 0.2) is 41.7 Å². The minimum absolute atomic E-state index is 0.0832. The molecule has 6 nitrogen and oxygen atoms in total. The van der Waals surface area contributed by atoms with Gasteiger partial charge in [-0.15, -0.1) is 0 Å². The number of carbonyl (C=O) groups excluding carboxylic acids is 2.